The van der Waals surface area contributed by atoms with Crippen molar-refractivity contribution in [1.29, 1.82) is 0 Å². The number of benzene rings is 4. The van der Waals surface area contributed by atoms with Gasteiger partial charge in [-0.15, -0.1) is 0 Å². The van der Waals surface area contributed by atoms with E-state index in [2.05, 4.69) is 115 Å². The minimum absolute atomic E-state index is 0. The Balaban J connectivity index is 0.000000212. The van der Waals surface area contributed by atoms with Gasteiger partial charge >= 0.3 is 0 Å². The van der Waals surface area contributed by atoms with Crippen molar-refractivity contribution >= 4 is 46.6 Å². The molecule has 0 atom stereocenters. The van der Waals surface area contributed by atoms with Crippen molar-refractivity contribution in [1.82, 2.24) is 0 Å². The van der Waals surface area contributed by atoms with Crippen LogP contribution in [0.5, 0.6) is 11.5 Å². The lowest BCUT2D eigenvalue weighted by atomic mass is 9.82. The quantitative estimate of drug-likeness (QED) is 0.119. The highest BCUT2D eigenvalue weighted by Gasteiger charge is 2.44. The van der Waals surface area contributed by atoms with Gasteiger partial charge in [-0.3, -0.25) is 10.4 Å². The zero-order chi connectivity index (χ0) is 33.8. The van der Waals surface area contributed by atoms with Crippen molar-refractivity contribution in [2.45, 2.75) is 46.0 Å². The molecule has 4 aromatic rings. The molecule has 0 saturated heterocycles. The molecule has 0 spiro atoms. The summed E-state index contributed by atoms with van der Waals surface area (Å²) in [6.07, 6.45) is 3.87. The van der Waals surface area contributed by atoms with E-state index in [1.807, 2.05) is 73.0 Å². The number of hydrazone groups is 2. The van der Waals surface area contributed by atoms with Crippen molar-refractivity contribution in [3.05, 3.63) is 108 Å². The van der Waals surface area contributed by atoms with Crippen LogP contribution in [0, 0.1) is 0 Å². The van der Waals surface area contributed by atoms with Gasteiger partial charge in [0.05, 0.1) is 36.4 Å². The van der Waals surface area contributed by atoms with E-state index in [9.17, 15) is 0 Å². The van der Waals surface area contributed by atoms with Gasteiger partial charge in [0.25, 0.3) is 0 Å². The second kappa shape index (κ2) is 14.7. The molecule has 2 heterocycles. The molecule has 0 radical (unpaired) electrons. The standard InChI is InChI=1S/C20H24N3O.C19H21N3O.CH4/c1-20(2)17-8-6-7-9-18(17)22(3)19(20)14-21-23(4)15-10-12-16(24-5)13-11-15;1-19(2)16-7-5-6-8-17(16)22(3)18(19)13-20-21-14-9-11-15(23-4)12-10-14;/h6-14H,1-5H3;5-13H,1-4H3;1H4/q+1;;/p+1. The van der Waals surface area contributed by atoms with Crippen LogP contribution in [0.25, 0.3) is 0 Å². The molecule has 0 bridgehead atoms. The Hall–Kier alpha value is -5.24. The lowest BCUT2D eigenvalue weighted by molar-refractivity contribution is -0.400. The summed E-state index contributed by atoms with van der Waals surface area (Å²) in [7, 11) is 9.47. The number of hydrogen-bond acceptors (Lipinski definition) is 6. The first-order chi connectivity index (χ1) is 22.5. The monoisotopic (exact) mass is 646 g/mol. The summed E-state index contributed by atoms with van der Waals surface area (Å²) in [5, 5.41) is 10.9. The van der Waals surface area contributed by atoms with E-state index >= 15 is 0 Å². The van der Waals surface area contributed by atoms with Gasteiger partial charge in [0.2, 0.25) is 22.8 Å². The summed E-state index contributed by atoms with van der Waals surface area (Å²) >= 11 is 0. The smallest absolute Gasteiger partial charge is 0.212 e. The number of para-hydroxylation sites is 2. The molecule has 0 amide bonds. The molecule has 0 aromatic heterocycles. The summed E-state index contributed by atoms with van der Waals surface area (Å²) in [6.45, 7) is 8.93. The highest BCUT2D eigenvalue weighted by Crippen LogP contribution is 2.39. The second-order valence-corrected chi connectivity index (χ2v) is 12.7. The Morgan fingerprint density at radius 1 is 0.646 bits per heavy atom. The Bertz CT molecular complexity index is 1850. The van der Waals surface area contributed by atoms with Crippen LogP contribution in [-0.2, 0) is 10.8 Å². The number of methoxy groups -OCH3 is 2. The Labute approximate surface area is 286 Å². The Morgan fingerprint density at radius 2 is 1.08 bits per heavy atom. The third-order valence-corrected chi connectivity index (χ3v) is 9.15. The first-order valence-electron chi connectivity index (χ1n) is 15.7. The van der Waals surface area contributed by atoms with Crippen molar-refractivity contribution in [2.75, 3.05) is 45.8 Å². The van der Waals surface area contributed by atoms with Gasteiger partial charge in [0.1, 0.15) is 38.0 Å². The van der Waals surface area contributed by atoms with E-state index < -0.39 is 0 Å². The van der Waals surface area contributed by atoms with Gasteiger partial charge in [0.15, 0.2) is 0 Å². The van der Waals surface area contributed by atoms with Gasteiger partial charge < -0.3 is 9.47 Å². The van der Waals surface area contributed by atoms with Crippen LogP contribution in [0.4, 0.5) is 22.7 Å². The predicted octanol–water partition coefficient (Wildman–Crippen LogP) is 8.26. The average molecular weight is 647 g/mol. The number of rotatable bonds is 8. The summed E-state index contributed by atoms with van der Waals surface area (Å²) < 4.78 is 14.8. The summed E-state index contributed by atoms with van der Waals surface area (Å²) in [4.78, 5) is 0. The normalized spacial score (nSPS) is 15.4. The molecule has 0 fully saturated rings. The SMILES string of the molecule is C.COc1ccc(N(C)/N=C/C2=[N+](C)c3ccccc3C2(C)C)cc1.COc1ccc(N/N=C/C2=[N+](C)c3ccccc3C2(C)C)cc1. The highest BCUT2D eigenvalue weighted by molar-refractivity contribution is 6.34. The van der Waals surface area contributed by atoms with Crippen molar-refractivity contribution < 1.29 is 18.6 Å². The van der Waals surface area contributed by atoms with E-state index in [0.29, 0.717) is 0 Å². The third kappa shape index (κ3) is 7.03. The molecule has 250 valence electrons. The zero-order valence-electron chi connectivity index (χ0n) is 28.9. The number of nitrogens with one attached hydrogen (secondary N) is 1. The molecule has 6 rings (SSSR count). The molecule has 2 aliphatic heterocycles. The van der Waals surface area contributed by atoms with Gasteiger partial charge in [-0.2, -0.15) is 19.4 Å². The van der Waals surface area contributed by atoms with Gasteiger partial charge in [-0.1, -0.05) is 43.8 Å². The largest absolute Gasteiger partial charge is 0.497 e. The van der Waals surface area contributed by atoms with Gasteiger partial charge in [-0.05, 0) is 76.2 Å². The van der Waals surface area contributed by atoms with Crippen LogP contribution in [0.1, 0.15) is 46.2 Å². The highest BCUT2D eigenvalue weighted by atomic mass is 16.5. The molecular formula is C40H50N6O2+2. The minimum atomic E-state index is -0.0599. The molecule has 8 heteroatoms. The maximum Gasteiger partial charge on any atom is 0.212 e. The maximum atomic E-state index is 5.20. The number of anilines is 2. The van der Waals surface area contributed by atoms with Crippen LogP contribution in [0.2, 0.25) is 0 Å². The lowest BCUT2D eigenvalue weighted by Crippen LogP contribution is -2.30. The number of ether oxygens (including phenoxy) is 2. The Kier molecular flexibility index (Phi) is 10.9. The molecule has 1 N–H and O–H groups in total. The van der Waals surface area contributed by atoms with Crippen LogP contribution in [0.3, 0.4) is 0 Å². The van der Waals surface area contributed by atoms with E-state index in [4.69, 9.17) is 9.47 Å². The fourth-order valence-corrected chi connectivity index (χ4v) is 6.30. The summed E-state index contributed by atoms with van der Waals surface area (Å²) in [5.41, 5.74) is 12.4. The molecule has 0 aliphatic carbocycles. The number of fused-ring (bicyclic) bond motifs is 2. The van der Waals surface area contributed by atoms with E-state index in [0.717, 1.165) is 22.9 Å². The minimum Gasteiger partial charge on any atom is -0.497 e. The van der Waals surface area contributed by atoms with E-state index in [1.54, 1.807) is 14.2 Å². The topological polar surface area (TPSA) is 64.5 Å². The molecule has 48 heavy (non-hydrogen) atoms. The molecular weight excluding hydrogens is 596 g/mol. The summed E-state index contributed by atoms with van der Waals surface area (Å²) in [6, 6.07) is 32.6. The zero-order valence-corrected chi connectivity index (χ0v) is 28.9. The van der Waals surface area contributed by atoms with Crippen molar-refractivity contribution in [3.8, 4) is 11.5 Å². The van der Waals surface area contributed by atoms with Gasteiger partial charge in [-0.25, -0.2) is 0 Å². The van der Waals surface area contributed by atoms with Crippen molar-refractivity contribution in [3.63, 3.8) is 0 Å². The number of hydrogen-bond donors (Lipinski definition) is 1. The van der Waals surface area contributed by atoms with Crippen LogP contribution in [0.15, 0.2) is 107 Å². The van der Waals surface area contributed by atoms with Crippen molar-refractivity contribution in [2.24, 2.45) is 10.2 Å². The Morgan fingerprint density at radius 3 is 1.54 bits per heavy atom. The van der Waals surface area contributed by atoms with Crippen LogP contribution in [-0.4, -0.2) is 68.4 Å². The third-order valence-electron chi connectivity index (χ3n) is 9.15. The number of nitrogens with zero attached hydrogens (tertiary/aromatic N) is 5. The molecule has 0 saturated carbocycles. The maximum absolute atomic E-state index is 5.20. The molecule has 0 unspecified atom stereocenters. The van der Waals surface area contributed by atoms with Gasteiger partial charge in [0, 0.05) is 30.3 Å². The first kappa shape index (κ1) is 35.6. The first-order valence-corrected chi connectivity index (χ1v) is 15.7. The van der Waals surface area contributed by atoms with Crippen LogP contribution < -0.4 is 19.9 Å². The molecule has 4 aromatic carbocycles. The molecule has 2 aliphatic rings. The second-order valence-electron chi connectivity index (χ2n) is 12.7. The molecule has 8 nitrogen and oxygen atoms in total. The van der Waals surface area contributed by atoms with Crippen LogP contribution >= 0.6 is 0 Å². The fourth-order valence-electron chi connectivity index (χ4n) is 6.30. The average Bonchev–Trinajstić information content (AvgIpc) is 3.41. The predicted molar refractivity (Wildman–Crippen MR) is 202 cm³/mol. The van der Waals surface area contributed by atoms with E-state index in [1.165, 1.54) is 33.9 Å². The lowest BCUT2D eigenvalue weighted by Gasteiger charge is -2.16. The fraction of sp³-hybridized carbons (Fsp3) is 0.300. The van der Waals surface area contributed by atoms with E-state index in [-0.39, 0.29) is 18.3 Å². The summed E-state index contributed by atoms with van der Waals surface area (Å²) in [5.74, 6) is 1.68.